The molecular formula is C19H15F2NO4S. The van der Waals surface area contributed by atoms with Gasteiger partial charge in [0.05, 0.1) is 5.69 Å². The highest BCUT2D eigenvalue weighted by Gasteiger charge is 2.22. The van der Waals surface area contributed by atoms with Crippen LogP contribution in [0.15, 0.2) is 54.6 Å². The van der Waals surface area contributed by atoms with E-state index in [4.69, 9.17) is 4.74 Å². The third kappa shape index (κ3) is 4.59. The highest BCUT2D eigenvalue weighted by atomic mass is 32.1. The molecule has 0 unspecified atom stereocenters. The van der Waals surface area contributed by atoms with Crippen molar-refractivity contribution in [3.05, 3.63) is 59.5 Å². The van der Waals surface area contributed by atoms with Gasteiger partial charge in [-0.05, 0) is 36.6 Å². The highest BCUT2D eigenvalue weighted by Crippen LogP contribution is 2.27. The van der Waals surface area contributed by atoms with Gasteiger partial charge in [0.1, 0.15) is 10.6 Å². The second-order valence-corrected chi connectivity index (χ2v) is 6.64. The number of alkyl halides is 2. The SMILES string of the molecule is C[C@@H](OC(=O)c1cc2ccccc2s1)C(=O)Nc1ccccc1OC(F)F. The number of rotatable bonds is 6. The molecule has 140 valence electrons. The third-order valence-corrected chi connectivity index (χ3v) is 4.74. The van der Waals surface area contributed by atoms with Crippen LogP contribution in [0.25, 0.3) is 10.1 Å². The fourth-order valence-electron chi connectivity index (χ4n) is 2.36. The number of para-hydroxylation sites is 2. The Hall–Kier alpha value is -3.00. The highest BCUT2D eigenvalue weighted by molar-refractivity contribution is 7.20. The van der Waals surface area contributed by atoms with E-state index >= 15 is 0 Å². The zero-order valence-corrected chi connectivity index (χ0v) is 15.0. The number of thiophene rings is 1. The zero-order chi connectivity index (χ0) is 19.4. The van der Waals surface area contributed by atoms with Crippen LogP contribution in [0.2, 0.25) is 0 Å². The van der Waals surface area contributed by atoms with E-state index in [1.807, 2.05) is 24.3 Å². The minimum absolute atomic E-state index is 0.0626. The Bertz CT molecular complexity index is 940. The van der Waals surface area contributed by atoms with Crippen LogP contribution in [-0.4, -0.2) is 24.6 Å². The largest absolute Gasteiger partial charge is 0.448 e. The van der Waals surface area contributed by atoms with Crippen molar-refractivity contribution in [1.82, 2.24) is 0 Å². The van der Waals surface area contributed by atoms with Gasteiger partial charge in [0, 0.05) is 4.70 Å². The molecule has 0 fully saturated rings. The summed E-state index contributed by atoms with van der Waals surface area (Å²) in [4.78, 5) is 24.9. The van der Waals surface area contributed by atoms with E-state index in [9.17, 15) is 18.4 Å². The summed E-state index contributed by atoms with van der Waals surface area (Å²) < 4.78 is 35.4. The van der Waals surface area contributed by atoms with E-state index < -0.39 is 24.6 Å². The number of halogens is 2. The number of esters is 1. The summed E-state index contributed by atoms with van der Waals surface area (Å²) in [6.45, 7) is -1.62. The van der Waals surface area contributed by atoms with Crippen molar-refractivity contribution in [1.29, 1.82) is 0 Å². The number of nitrogens with one attached hydrogen (secondary N) is 1. The van der Waals surface area contributed by atoms with Crippen LogP contribution in [0.3, 0.4) is 0 Å². The van der Waals surface area contributed by atoms with Gasteiger partial charge in [0.25, 0.3) is 5.91 Å². The lowest BCUT2D eigenvalue weighted by Crippen LogP contribution is -2.30. The summed E-state index contributed by atoms with van der Waals surface area (Å²) in [6, 6.07) is 14.9. The van der Waals surface area contributed by atoms with Gasteiger partial charge < -0.3 is 14.8 Å². The average Bonchev–Trinajstić information content (AvgIpc) is 3.07. The number of benzene rings is 2. The van der Waals surface area contributed by atoms with E-state index in [0.29, 0.717) is 4.88 Å². The van der Waals surface area contributed by atoms with Gasteiger partial charge in [-0.3, -0.25) is 4.79 Å². The maximum Gasteiger partial charge on any atom is 0.387 e. The van der Waals surface area contributed by atoms with Crippen LogP contribution in [0.1, 0.15) is 16.6 Å². The molecule has 0 spiro atoms. The quantitative estimate of drug-likeness (QED) is 0.620. The molecule has 0 aliphatic heterocycles. The Balaban J connectivity index is 1.66. The van der Waals surface area contributed by atoms with E-state index in [2.05, 4.69) is 10.1 Å². The number of carbonyl (C=O) groups excluding carboxylic acids is 2. The van der Waals surface area contributed by atoms with Crippen molar-refractivity contribution in [2.24, 2.45) is 0 Å². The van der Waals surface area contributed by atoms with Gasteiger partial charge >= 0.3 is 12.6 Å². The molecule has 0 saturated heterocycles. The first-order chi connectivity index (χ1) is 12.9. The van der Waals surface area contributed by atoms with Gasteiger partial charge in [-0.25, -0.2) is 4.79 Å². The van der Waals surface area contributed by atoms with Gasteiger partial charge in [0.2, 0.25) is 0 Å². The number of amides is 1. The molecule has 27 heavy (non-hydrogen) atoms. The molecule has 1 aromatic heterocycles. The van der Waals surface area contributed by atoms with Crippen molar-refractivity contribution in [3.8, 4) is 5.75 Å². The van der Waals surface area contributed by atoms with Gasteiger partial charge in [-0.2, -0.15) is 8.78 Å². The number of hydrogen-bond donors (Lipinski definition) is 1. The molecule has 1 amide bonds. The fraction of sp³-hybridized carbons (Fsp3) is 0.158. The van der Waals surface area contributed by atoms with Crippen LogP contribution >= 0.6 is 11.3 Å². The summed E-state index contributed by atoms with van der Waals surface area (Å²) in [5.74, 6) is -1.46. The van der Waals surface area contributed by atoms with Crippen LogP contribution in [0.4, 0.5) is 14.5 Å². The Morgan fingerprint density at radius 1 is 1.07 bits per heavy atom. The van der Waals surface area contributed by atoms with E-state index in [0.717, 1.165) is 10.1 Å². The summed E-state index contributed by atoms with van der Waals surface area (Å²) >= 11 is 1.26. The molecule has 1 N–H and O–H groups in total. The predicted octanol–water partition coefficient (Wildman–Crippen LogP) is 4.69. The van der Waals surface area contributed by atoms with Gasteiger partial charge in [0.15, 0.2) is 6.10 Å². The molecule has 8 heteroatoms. The number of ether oxygens (including phenoxy) is 2. The van der Waals surface area contributed by atoms with E-state index in [-0.39, 0.29) is 11.4 Å². The minimum atomic E-state index is -3.02. The predicted molar refractivity (Wildman–Crippen MR) is 98.4 cm³/mol. The van der Waals surface area contributed by atoms with Crippen LogP contribution < -0.4 is 10.1 Å². The lowest BCUT2D eigenvalue weighted by atomic mass is 10.2. The summed E-state index contributed by atoms with van der Waals surface area (Å²) in [5, 5.41) is 3.34. The smallest absolute Gasteiger partial charge is 0.387 e. The molecule has 3 rings (SSSR count). The molecule has 3 aromatic rings. The van der Waals surface area contributed by atoms with E-state index in [1.54, 1.807) is 12.1 Å². The second-order valence-electron chi connectivity index (χ2n) is 5.56. The standard InChI is InChI=1S/C19H15F2NO4S/c1-11(17(23)22-13-7-3-4-8-14(13)26-19(20)21)25-18(24)16-10-12-6-2-5-9-15(12)27-16/h2-11,19H,1H3,(H,22,23)/t11-/m1/s1. The second kappa shape index (κ2) is 8.13. The lowest BCUT2D eigenvalue weighted by molar-refractivity contribution is -0.123. The molecule has 0 saturated carbocycles. The Morgan fingerprint density at radius 3 is 2.52 bits per heavy atom. The average molecular weight is 391 g/mol. The number of hydrogen-bond acceptors (Lipinski definition) is 5. The molecule has 0 aliphatic rings. The summed E-state index contributed by atoms with van der Waals surface area (Å²) in [7, 11) is 0. The molecule has 2 aromatic carbocycles. The van der Waals surface area contributed by atoms with Gasteiger partial charge in [-0.1, -0.05) is 30.3 Å². The molecular weight excluding hydrogens is 376 g/mol. The molecule has 1 atom stereocenters. The molecule has 0 aliphatic carbocycles. The van der Waals surface area contributed by atoms with Crippen molar-refractivity contribution in [2.75, 3.05) is 5.32 Å². The maximum absolute atomic E-state index is 12.4. The fourth-order valence-corrected chi connectivity index (χ4v) is 3.30. The monoisotopic (exact) mass is 391 g/mol. The first-order valence-electron chi connectivity index (χ1n) is 7.98. The molecule has 0 bridgehead atoms. The topological polar surface area (TPSA) is 64.6 Å². The number of fused-ring (bicyclic) bond motifs is 1. The van der Waals surface area contributed by atoms with Crippen LogP contribution in [0, 0.1) is 0 Å². The summed E-state index contributed by atoms with van der Waals surface area (Å²) in [6.07, 6.45) is -1.12. The zero-order valence-electron chi connectivity index (χ0n) is 14.1. The van der Waals surface area contributed by atoms with Crippen LogP contribution in [0.5, 0.6) is 5.75 Å². The molecule has 5 nitrogen and oxygen atoms in total. The van der Waals surface area contributed by atoms with Crippen molar-refractivity contribution in [2.45, 2.75) is 19.6 Å². The van der Waals surface area contributed by atoms with Crippen molar-refractivity contribution >= 4 is 39.0 Å². The first-order valence-corrected chi connectivity index (χ1v) is 8.80. The Labute approximate surface area is 157 Å². The third-order valence-electron chi connectivity index (χ3n) is 3.64. The Kier molecular flexibility index (Phi) is 5.66. The molecule has 1 heterocycles. The van der Waals surface area contributed by atoms with Crippen molar-refractivity contribution < 1.29 is 27.8 Å². The first kappa shape index (κ1) is 18.8. The number of carbonyl (C=O) groups is 2. The summed E-state index contributed by atoms with van der Waals surface area (Å²) in [5.41, 5.74) is 0.0626. The number of anilines is 1. The normalized spacial score (nSPS) is 12.0. The van der Waals surface area contributed by atoms with Crippen LogP contribution in [-0.2, 0) is 9.53 Å². The Morgan fingerprint density at radius 2 is 1.78 bits per heavy atom. The maximum atomic E-state index is 12.4. The van der Waals surface area contributed by atoms with Gasteiger partial charge in [-0.15, -0.1) is 11.3 Å². The van der Waals surface area contributed by atoms with E-state index in [1.165, 1.54) is 36.5 Å². The van der Waals surface area contributed by atoms with Crippen molar-refractivity contribution in [3.63, 3.8) is 0 Å². The molecule has 0 radical (unpaired) electrons. The lowest BCUT2D eigenvalue weighted by Gasteiger charge is -2.15. The minimum Gasteiger partial charge on any atom is -0.448 e.